The van der Waals surface area contributed by atoms with Gasteiger partial charge in [0.25, 0.3) is 0 Å². The lowest BCUT2D eigenvalue weighted by Crippen LogP contribution is -2.48. The third-order valence-electron chi connectivity index (χ3n) is 4.43. The van der Waals surface area contributed by atoms with Crippen LogP contribution in [-0.4, -0.2) is 61.4 Å². The van der Waals surface area contributed by atoms with Crippen LogP contribution in [0.1, 0.15) is 19.4 Å². The second-order valence-electron chi connectivity index (χ2n) is 7.04. The zero-order valence-electron chi connectivity index (χ0n) is 16.5. The van der Waals surface area contributed by atoms with Gasteiger partial charge in [0.15, 0.2) is 0 Å². The Hall–Kier alpha value is -2.78. The number of hydrogen-bond acceptors (Lipinski definition) is 6. The summed E-state index contributed by atoms with van der Waals surface area (Å²) in [5.41, 5.74) is 0.762. The molecular weight excluding hydrogens is 390 g/mol. The van der Waals surface area contributed by atoms with Gasteiger partial charge in [-0.3, -0.25) is 4.79 Å². The van der Waals surface area contributed by atoms with E-state index >= 15 is 0 Å². The van der Waals surface area contributed by atoms with Gasteiger partial charge >= 0.3 is 0 Å². The van der Waals surface area contributed by atoms with E-state index in [1.54, 1.807) is 55.4 Å². The van der Waals surface area contributed by atoms with Crippen LogP contribution in [0.25, 0.3) is 6.08 Å². The first kappa shape index (κ1) is 20.9. The maximum Gasteiger partial charge on any atom is 0.246 e. The quantitative estimate of drug-likeness (QED) is 0.719. The Morgan fingerprint density at radius 3 is 2.28 bits per heavy atom. The Morgan fingerprint density at radius 2 is 1.69 bits per heavy atom. The van der Waals surface area contributed by atoms with Crippen molar-refractivity contribution in [2.24, 2.45) is 0 Å². The first-order valence-electron chi connectivity index (χ1n) is 9.46. The fraction of sp³-hybridized carbons (Fsp3) is 0.350. The van der Waals surface area contributed by atoms with E-state index in [0.29, 0.717) is 32.1 Å². The summed E-state index contributed by atoms with van der Waals surface area (Å²) < 4.78 is 26.8. The summed E-state index contributed by atoms with van der Waals surface area (Å²) >= 11 is 0. The van der Waals surface area contributed by atoms with E-state index in [4.69, 9.17) is 0 Å². The molecule has 0 unspecified atom stereocenters. The monoisotopic (exact) mass is 415 g/mol. The molecule has 1 aromatic carbocycles. The van der Waals surface area contributed by atoms with Crippen LogP contribution in [0.5, 0.6) is 0 Å². The third kappa shape index (κ3) is 5.61. The van der Waals surface area contributed by atoms with Crippen molar-refractivity contribution in [3.05, 3.63) is 54.4 Å². The van der Waals surface area contributed by atoms with Crippen molar-refractivity contribution < 1.29 is 13.2 Å². The van der Waals surface area contributed by atoms with E-state index in [1.165, 1.54) is 18.2 Å². The molecule has 1 saturated heterocycles. The van der Waals surface area contributed by atoms with E-state index in [9.17, 15) is 13.2 Å². The fourth-order valence-electron chi connectivity index (χ4n) is 2.99. The Morgan fingerprint density at radius 1 is 1.07 bits per heavy atom. The number of aromatic nitrogens is 2. The Kier molecular flexibility index (Phi) is 6.60. The Balaban J connectivity index is 1.56. The number of piperazine rings is 1. The molecule has 1 amide bonds. The van der Waals surface area contributed by atoms with Crippen molar-refractivity contribution >= 4 is 28.0 Å². The SMILES string of the molecule is CC(C)NS(=O)(=O)c1ccc(/C=C/C(=O)N2CCN(c3ncccn3)CC2)cc1. The second kappa shape index (κ2) is 9.15. The van der Waals surface area contributed by atoms with Gasteiger partial charge in [0, 0.05) is 50.7 Å². The van der Waals surface area contributed by atoms with Gasteiger partial charge in [0.1, 0.15) is 0 Å². The summed E-state index contributed by atoms with van der Waals surface area (Å²) in [7, 11) is -3.52. The first-order chi connectivity index (χ1) is 13.8. The molecule has 29 heavy (non-hydrogen) atoms. The summed E-state index contributed by atoms with van der Waals surface area (Å²) in [6, 6.07) is 8.04. The molecule has 2 heterocycles. The van der Waals surface area contributed by atoms with Crippen molar-refractivity contribution in [3.8, 4) is 0 Å². The van der Waals surface area contributed by atoms with Crippen molar-refractivity contribution in [2.75, 3.05) is 31.1 Å². The lowest BCUT2D eigenvalue weighted by molar-refractivity contribution is -0.126. The van der Waals surface area contributed by atoms with Crippen LogP contribution in [0.2, 0.25) is 0 Å². The molecule has 0 radical (unpaired) electrons. The number of amides is 1. The smallest absolute Gasteiger partial charge is 0.246 e. The van der Waals surface area contributed by atoms with Crippen molar-refractivity contribution in [1.29, 1.82) is 0 Å². The van der Waals surface area contributed by atoms with Crippen LogP contribution >= 0.6 is 0 Å². The van der Waals surface area contributed by atoms with Crippen molar-refractivity contribution in [2.45, 2.75) is 24.8 Å². The third-order valence-corrected chi connectivity index (χ3v) is 6.10. The van der Waals surface area contributed by atoms with Gasteiger partial charge in [-0.05, 0) is 43.7 Å². The van der Waals surface area contributed by atoms with Crippen LogP contribution in [0.4, 0.5) is 5.95 Å². The number of nitrogens with one attached hydrogen (secondary N) is 1. The molecule has 1 aliphatic rings. The Labute approximate surface area is 171 Å². The van der Waals surface area contributed by atoms with Gasteiger partial charge in [-0.15, -0.1) is 0 Å². The highest BCUT2D eigenvalue weighted by Crippen LogP contribution is 2.13. The minimum atomic E-state index is -3.52. The summed E-state index contributed by atoms with van der Waals surface area (Å²) in [6.45, 7) is 6.09. The van der Waals surface area contributed by atoms with E-state index in [1.807, 2.05) is 0 Å². The lowest BCUT2D eigenvalue weighted by Gasteiger charge is -2.34. The van der Waals surface area contributed by atoms with Crippen LogP contribution in [0.15, 0.2) is 53.7 Å². The highest BCUT2D eigenvalue weighted by Gasteiger charge is 2.21. The molecule has 0 aliphatic carbocycles. The molecule has 1 aromatic heterocycles. The minimum Gasteiger partial charge on any atom is -0.337 e. The zero-order chi connectivity index (χ0) is 20.9. The van der Waals surface area contributed by atoms with Crippen molar-refractivity contribution in [1.82, 2.24) is 19.6 Å². The number of carbonyl (C=O) groups is 1. The van der Waals surface area contributed by atoms with Crippen molar-refractivity contribution in [3.63, 3.8) is 0 Å². The van der Waals surface area contributed by atoms with Gasteiger partial charge in [0.2, 0.25) is 21.9 Å². The first-order valence-corrected chi connectivity index (χ1v) is 10.9. The molecule has 2 aromatic rings. The number of benzene rings is 1. The molecule has 8 nitrogen and oxygen atoms in total. The van der Waals surface area contributed by atoms with Gasteiger partial charge in [-0.25, -0.2) is 23.1 Å². The summed E-state index contributed by atoms with van der Waals surface area (Å²) in [4.78, 5) is 25.0. The van der Waals surface area contributed by atoms with Gasteiger partial charge in [-0.2, -0.15) is 0 Å². The molecule has 0 atom stereocenters. The van der Waals surface area contributed by atoms with E-state index in [2.05, 4.69) is 19.6 Å². The van der Waals surface area contributed by atoms with Gasteiger partial charge in [-0.1, -0.05) is 12.1 Å². The van der Waals surface area contributed by atoms with E-state index in [-0.39, 0.29) is 16.8 Å². The fourth-order valence-corrected chi connectivity index (χ4v) is 4.24. The number of hydrogen-bond donors (Lipinski definition) is 1. The number of carbonyl (C=O) groups excluding carboxylic acids is 1. The predicted molar refractivity (Wildman–Crippen MR) is 112 cm³/mol. The lowest BCUT2D eigenvalue weighted by atomic mass is 10.2. The van der Waals surface area contributed by atoms with Gasteiger partial charge < -0.3 is 9.80 Å². The molecule has 1 aliphatic heterocycles. The molecule has 0 bridgehead atoms. The van der Waals surface area contributed by atoms with Crippen LogP contribution in [0.3, 0.4) is 0 Å². The number of nitrogens with zero attached hydrogens (tertiary/aromatic N) is 4. The summed E-state index contributed by atoms with van der Waals surface area (Å²) in [5.74, 6) is 0.606. The molecule has 0 spiro atoms. The molecule has 1 N–H and O–H groups in total. The molecule has 3 rings (SSSR count). The van der Waals surface area contributed by atoms with Crippen LogP contribution < -0.4 is 9.62 Å². The molecule has 154 valence electrons. The normalized spacial score (nSPS) is 15.3. The summed E-state index contributed by atoms with van der Waals surface area (Å²) in [6.07, 6.45) is 6.63. The Bertz CT molecular complexity index is 951. The average Bonchev–Trinajstić information content (AvgIpc) is 2.72. The average molecular weight is 416 g/mol. The van der Waals surface area contributed by atoms with E-state index in [0.717, 1.165) is 5.56 Å². The molecule has 9 heteroatoms. The topological polar surface area (TPSA) is 95.5 Å². The summed E-state index contributed by atoms with van der Waals surface area (Å²) in [5, 5.41) is 0. The molecule has 0 saturated carbocycles. The predicted octanol–water partition coefficient (Wildman–Crippen LogP) is 1.53. The maximum absolute atomic E-state index is 12.4. The highest BCUT2D eigenvalue weighted by molar-refractivity contribution is 7.89. The van der Waals surface area contributed by atoms with Crippen LogP contribution in [0, 0.1) is 0 Å². The van der Waals surface area contributed by atoms with Crippen LogP contribution in [-0.2, 0) is 14.8 Å². The zero-order valence-corrected chi connectivity index (χ0v) is 17.3. The maximum atomic E-state index is 12.4. The molecular formula is C20H25N5O3S. The minimum absolute atomic E-state index is 0.0724. The number of anilines is 1. The van der Waals surface area contributed by atoms with Gasteiger partial charge in [0.05, 0.1) is 4.90 Å². The largest absolute Gasteiger partial charge is 0.337 e. The standard InChI is InChI=1S/C20H25N5O3S/c1-16(2)23-29(27,28)18-7-4-17(5-8-18)6-9-19(26)24-12-14-25(15-13-24)20-21-10-3-11-22-20/h3-11,16,23H,12-15H2,1-2H3/b9-6+. The number of sulfonamides is 1. The van der Waals surface area contributed by atoms with E-state index < -0.39 is 10.0 Å². The second-order valence-corrected chi connectivity index (χ2v) is 8.75. The number of rotatable bonds is 6. The highest BCUT2D eigenvalue weighted by atomic mass is 32.2. The molecule has 1 fully saturated rings.